The van der Waals surface area contributed by atoms with E-state index in [1.54, 1.807) is 4.90 Å². The van der Waals surface area contributed by atoms with Gasteiger partial charge in [-0.2, -0.15) is 0 Å². The molecule has 0 radical (unpaired) electrons. The lowest BCUT2D eigenvalue weighted by Gasteiger charge is -2.31. The van der Waals surface area contributed by atoms with E-state index in [4.69, 9.17) is 5.10 Å². The van der Waals surface area contributed by atoms with Gasteiger partial charge in [-0.05, 0) is 49.6 Å². The molecule has 45 heavy (non-hydrogen) atoms. The summed E-state index contributed by atoms with van der Waals surface area (Å²) in [4.78, 5) is 32.5. The Bertz CT molecular complexity index is 1830. The van der Waals surface area contributed by atoms with Crippen LogP contribution >= 0.6 is 0 Å². The summed E-state index contributed by atoms with van der Waals surface area (Å²) in [6.07, 6.45) is 0.534. The van der Waals surface area contributed by atoms with Crippen LogP contribution in [0.2, 0.25) is 0 Å². The van der Waals surface area contributed by atoms with Crippen LogP contribution in [0.5, 0.6) is 0 Å². The molecule has 4 aromatic carbocycles. The number of para-hydroxylation sites is 3. The van der Waals surface area contributed by atoms with E-state index in [2.05, 4.69) is 22.5 Å². The summed E-state index contributed by atoms with van der Waals surface area (Å²) in [5.74, 6) is 0.496. The zero-order valence-corrected chi connectivity index (χ0v) is 25.5. The number of hydrogen-bond acceptors (Lipinski definition) is 5. The summed E-state index contributed by atoms with van der Waals surface area (Å²) in [7, 11) is 0. The van der Waals surface area contributed by atoms with Crippen molar-refractivity contribution in [3.8, 4) is 17.1 Å². The molecule has 2 atom stereocenters. The molecule has 2 unspecified atom stereocenters. The highest BCUT2D eigenvalue weighted by Crippen LogP contribution is 2.43. The minimum Gasteiger partial charge on any atom is -0.384 e. The van der Waals surface area contributed by atoms with E-state index >= 15 is 0 Å². The van der Waals surface area contributed by atoms with Crippen LogP contribution in [0.4, 0.5) is 11.4 Å². The largest absolute Gasteiger partial charge is 0.384 e. The minimum absolute atomic E-state index is 0.0452. The van der Waals surface area contributed by atoms with Crippen molar-refractivity contribution in [2.45, 2.75) is 44.7 Å². The SMILES string of the molecule is CC(C)N(Cc1ccccc1)C(=O)CN1C(=O)C(CC2CNc3ccccc32)c2nnc(-c3ccccc3)n2-c2ccccc21. The van der Waals surface area contributed by atoms with Gasteiger partial charge in [0.1, 0.15) is 6.54 Å². The molecule has 8 nitrogen and oxygen atoms in total. The van der Waals surface area contributed by atoms with Gasteiger partial charge in [0, 0.05) is 36.3 Å². The number of benzene rings is 4. The quantitative estimate of drug-likeness (QED) is 0.224. The third-order valence-corrected chi connectivity index (χ3v) is 8.90. The van der Waals surface area contributed by atoms with Crippen LogP contribution in [0.15, 0.2) is 109 Å². The molecule has 0 aliphatic carbocycles. The maximum absolute atomic E-state index is 14.9. The Morgan fingerprint density at radius 1 is 0.867 bits per heavy atom. The highest BCUT2D eigenvalue weighted by molar-refractivity contribution is 6.04. The van der Waals surface area contributed by atoms with Gasteiger partial charge in [-0.15, -0.1) is 10.2 Å². The molecule has 2 aliphatic heterocycles. The molecule has 5 aromatic rings. The summed E-state index contributed by atoms with van der Waals surface area (Å²) in [5, 5.41) is 12.9. The summed E-state index contributed by atoms with van der Waals surface area (Å²) < 4.78 is 2.02. The molecule has 0 saturated heterocycles. The second-order valence-electron chi connectivity index (χ2n) is 12.1. The Kier molecular flexibility index (Phi) is 7.63. The average molecular weight is 597 g/mol. The first-order valence-electron chi connectivity index (χ1n) is 15.6. The van der Waals surface area contributed by atoms with Crippen molar-refractivity contribution in [1.29, 1.82) is 0 Å². The predicted molar refractivity (Wildman–Crippen MR) is 176 cm³/mol. The first kappa shape index (κ1) is 28.5. The number of nitrogens with zero attached hydrogens (tertiary/aromatic N) is 5. The van der Waals surface area contributed by atoms with E-state index in [1.807, 2.05) is 120 Å². The molecule has 2 amide bonds. The van der Waals surface area contributed by atoms with Crippen molar-refractivity contribution >= 4 is 23.2 Å². The third-order valence-electron chi connectivity index (χ3n) is 8.90. The molecule has 3 heterocycles. The molecule has 7 rings (SSSR count). The van der Waals surface area contributed by atoms with Crippen LogP contribution in [-0.4, -0.2) is 50.6 Å². The smallest absolute Gasteiger partial charge is 0.243 e. The van der Waals surface area contributed by atoms with Crippen molar-refractivity contribution in [3.63, 3.8) is 0 Å². The van der Waals surface area contributed by atoms with Crippen LogP contribution < -0.4 is 10.2 Å². The fraction of sp³-hybridized carbons (Fsp3) is 0.243. The number of aromatic nitrogens is 3. The Labute approximate surface area is 263 Å². The van der Waals surface area contributed by atoms with Crippen molar-refractivity contribution < 1.29 is 9.59 Å². The van der Waals surface area contributed by atoms with Gasteiger partial charge in [-0.3, -0.25) is 14.2 Å². The lowest BCUT2D eigenvalue weighted by atomic mass is 9.88. The molecule has 0 saturated carbocycles. The summed E-state index contributed by atoms with van der Waals surface area (Å²) in [5.41, 5.74) is 5.69. The number of carbonyl (C=O) groups is 2. The second kappa shape index (κ2) is 12.0. The summed E-state index contributed by atoms with van der Waals surface area (Å²) in [6.45, 7) is 5.15. The van der Waals surface area contributed by atoms with Gasteiger partial charge in [-0.1, -0.05) is 91.0 Å². The molecular formula is C37H36N6O2. The fourth-order valence-electron chi connectivity index (χ4n) is 6.62. The van der Waals surface area contributed by atoms with Crippen molar-refractivity contribution in [2.24, 2.45) is 0 Å². The van der Waals surface area contributed by atoms with Crippen LogP contribution in [-0.2, 0) is 16.1 Å². The molecule has 226 valence electrons. The first-order valence-corrected chi connectivity index (χ1v) is 15.6. The van der Waals surface area contributed by atoms with E-state index in [-0.39, 0.29) is 30.3 Å². The molecule has 1 N–H and O–H groups in total. The highest BCUT2D eigenvalue weighted by atomic mass is 16.2. The number of nitrogens with one attached hydrogen (secondary N) is 1. The number of rotatable bonds is 8. The number of amides is 2. The van der Waals surface area contributed by atoms with Gasteiger partial charge in [0.25, 0.3) is 0 Å². The summed E-state index contributed by atoms with van der Waals surface area (Å²) in [6, 6.07) is 35.9. The Balaban J connectivity index is 1.32. The second-order valence-corrected chi connectivity index (χ2v) is 12.1. The number of carbonyl (C=O) groups excluding carboxylic acids is 2. The molecule has 2 aliphatic rings. The van der Waals surface area contributed by atoms with Gasteiger partial charge >= 0.3 is 0 Å². The maximum Gasteiger partial charge on any atom is 0.243 e. The first-order chi connectivity index (χ1) is 22.0. The molecule has 8 heteroatoms. The lowest BCUT2D eigenvalue weighted by Crippen LogP contribution is -2.46. The zero-order valence-electron chi connectivity index (χ0n) is 25.5. The topological polar surface area (TPSA) is 83.4 Å². The number of anilines is 2. The van der Waals surface area contributed by atoms with Crippen molar-refractivity contribution in [2.75, 3.05) is 23.3 Å². The molecule has 0 bridgehead atoms. The molecule has 0 fully saturated rings. The highest BCUT2D eigenvalue weighted by Gasteiger charge is 2.41. The van der Waals surface area contributed by atoms with Crippen LogP contribution in [0.3, 0.4) is 0 Å². The Morgan fingerprint density at radius 2 is 1.53 bits per heavy atom. The van der Waals surface area contributed by atoms with Crippen molar-refractivity contribution in [1.82, 2.24) is 19.7 Å². The van der Waals surface area contributed by atoms with Crippen LogP contribution in [0.25, 0.3) is 17.1 Å². The van der Waals surface area contributed by atoms with Crippen LogP contribution in [0, 0.1) is 0 Å². The number of fused-ring (bicyclic) bond motifs is 4. The molecule has 0 spiro atoms. The van der Waals surface area contributed by atoms with Gasteiger partial charge in [0.2, 0.25) is 11.8 Å². The average Bonchev–Trinajstić information content (AvgIpc) is 3.68. The standard InChI is InChI=1S/C37H36N6O2/c1-25(2)41(23-26-13-5-3-6-14-26)34(44)24-42-32-19-11-12-20-33(32)43-35(27-15-7-4-8-16-27)39-40-36(43)30(37(42)45)21-28-22-38-31-18-10-9-17-29(28)31/h3-20,25,28,30,38H,21-24H2,1-2H3. The van der Waals surface area contributed by atoms with Gasteiger partial charge in [0.15, 0.2) is 11.6 Å². The zero-order chi connectivity index (χ0) is 30.9. The maximum atomic E-state index is 14.9. The van der Waals surface area contributed by atoms with E-state index in [0.717, 1.165) is 29.0 Å². The Hall–Kier alpha value is -5.24. The lowest BCUT2D eigenvalue weighted by molar-refractivity contribution is -0.133. The fourth-order valence-corrected chi connectivity index (χ4v) is 6.62. The molecule has 1 aromatic heterocycles. The van der Waals surface area contributed by atoms with Gasteiger partial charge < -0.3 is 15.1 Å². The van der Waals surface area contributed by atoms with E-state index in [0.29, 0.717) is 30.3 Å². The minimum atomic E-state index is -0.616. The third kappa shape index (κ3) is 5.37. The van der Waals surface area contributed by atoms with E-state index in [1.165, 1.54) is 5.56 Å². The Morgan fingerprint density at radius 3 is 2.29 bits per heavy atom. The summed E-state index contributed by atoms with van der Waals surface area (Å²) >= 11 is 0. The van der Waals surface area contributed by atoms with E-state index in [9.17, 15) is 9.59 Å². The van der Waals surface area contributed by atoms with E-state index < -0.39 is 5.92 Å². The van der Waals surface area contributed by atoms with Gasteiger partial charge in [0.05, 0.1) is 17.3 Å². The molecular weight excluding hydrogens is 560 g/mol. The van der Waals surface area contributed by atoms with Crippen LogP contribution in [0.1, 0.15) is 49.1 Å². The predicted octanol–water partition coefficient (Wildman–Crippen LogP) is 6.40. The number of hydrogen-bond donors (Lipinski definition) is 1. The monoisotopic (exact) mass is 596 g/mol. The van der Waals surface area contributed by atoms with Crippen molar-refractivity contribution in [3.05, 3.63) is 126 Å². The van der Waals surface area contributed by atoms with Gasteiger partial charge in [-0.25, -0.2) is 0 Å². The normalized spacial score (nSPS) is 16.9.